The second kappa shape index (κ2) is 3.55. The maximum Gasteiger partial charge on any atom is 0.316 e. The minimum Gasteiger partial charge on any atom is -0.512 e. The Morgan fingerprint density at radius 3 is 2.42 bits per heavy atom. The quantitative estimate of drug-likeness (QED) is 0.554. The molecule has 24 heavy (non-hydrogen) atoms. The van der Waals surface area contributed by atoms with Gasteiger partial charge in [-0.2, -0.15) is 0 Å². The van der Waals surface area contributed by atoms with Gasteiger partial charge in [0.05, 0.1) is 29.8 Å². The summed E-state index contributed by atoms with van der Waals surface area (Å²) >= 11 is 0. The summed E-state index contributed by atoms with van der Waals surface area (Å²) in [6.07, 6.45) is 0.0683. The van der Waals surface area contributed by atoms with Crippen LogP contribution in [-0.2, 0) is 19.1 Å². The van der Waals surface area contributed by atoms with Crippen LogP contribution in [0.1, 0.15) is 20.3 Å². The number of ketones is 1. The third-order valence-electron chi connectivity index (χ3n) is 7.71. The molecule has 7 nitrogen and oxygen atoms in total. The van der Waals surface area contributed by atoms with Gasteiger partial charge in [0, 0.05) is 12.3 Å². The van der Waals surface area contributed by atoms with Crippen LogP contribution >= 0.6 is 0 Å². The molecule has 0 aromatic carbocycles. The average Bonchev–Trinajstić information content (AvgIpc) is 3.11. The van der Waals surface area contributed by atoms with Crippen molar-refractivity contribution in [2.75, 3.05) is 19.8 Å². The van der Waals surface area contributed by atoms with Crippen molar-refractivity contribution in [3.63, 3.8) is 0 Å². The van der Waals surface area contributed by atoms with Crippen molar-refractivity contribution in [2.24, 2.45) is 22.2 Å². The lowest BCUT2D eigenvalue weighted by atomic mass is 9.54. The fourth-order valence-corrected chi connectivity index (χ4v) is 6.67. The van der Waals surface area contributed by atoms with E-state index in [1.165, 1.54) is 0 Å². The van der Waals surface area contributed by atoms with E-state index in [-0.39, 0.29) is 32.0 Å². The van der Waals surface area contributed by atoms with Gasteiger partial charge in [-0.3, -0.25) is 9.59 Å². The molecule has 0 unspecified atom stereocenters. The Hall–Kier alpha value is -1.86. The molecule has 2 aliphatic heterocycles. The van der Waals surface area contributed by atoms with Gasteiger partial charge in [-0.15, -0.1) is 0 Å². The molecule has 3 spiro atoms. The zero-order valence-electron chi connectivity index (χ0n) is 13.4. The minimum atomic E-state index is -1.98. The van der Waals surface area contributed by atoms with Crippen molar-refractivity contribution in [1.29, 1.82) is 0 Å². The van der Waals surface area contributed by atoms with E-state index in [4.69, 9.17) is 9.47 Å². The zero-order valence-corrected chi connectivity index (χ0v) is 13.4. The first kappa shape index (κ1) is 14.5. The molecule has 5 aliphatic rings. The Morgan fingerprint density at radius 2 is 1.71 bits per heavy atom. The summed E-state index contributed by atoms with van der Waals surface area (Å²) in [7, 11) is 0. The zero-order chi connectivity index (χ0) is 17.3. The molecule has 1 saturated carbocycles. The number of ether oxygens (including phenoxy) is 2. The summed E-state index contributed by atoms with van der Waals surface area (Å²) in [4.78, 5) is 25.9. The highest BCUT2D eigenvalue weighted by atomic mass is 16.6. The lowest BCUT2D eigenvalue weighted by Crippen LogP contribution is -2.63. The van der Waals surface area contributed by atoms with Gasteiger partial charge in [-0.25, -0.2) is 0 Å². The maximum absolute atomic E-state index is 13.0. The van der Waals surface area contributed by atoms with E-state index >= 15 is 0 Å². The lowest BCUT2D eigenvalue weighted by molar-refractivity contribution is -0.170. The van der Waals surface area contributed by atoms with Gasteiger partial charge in [0.15, 0.2) is 5.76 Å². The first-order valence-corrected chi connectivity index (χ1v) is 8.05. The summed E-state index contributed by atoms with van der Waals surface area (Å²) in [5.41, 5.74) is -5.03. The molecule has 0 radical (unpaired) electrons. The number of aliphatic hydroxyl groups excluding tert-OH is 2. The Kier molecular flexibility index (Phi) is 2.14. The Bertz CT molecular complexity index is 810. The van der Waals surface area contributed by atoms with Crippen LogP contribution in [0.25, 0.3) is 0 Å². The highest BCUT2D eigenvalue weighted by Crippen LogP contribution is 2.83. The summed E-state index contributed by atoms with van der Waals surface area (Å²) in [6, 6.07) is 0. The lowest BCUT2D eigenvalue weighted by Gasteiger charge is -2.49. The Morgan fingerprint density at radius 1 is 1.04 bits per heavy atom. The van der Waals surface area contributed by atoms with Crippen molar-refractivity contribution in [2.45, 2.75) is 25.9 Å². The first-order chi connectivity index (χ1) is 11.2. The molecular formula is C17H18O7. The average molecular weight is 334 g/mol. The maximum atomic E-state index is 13.0. The second-order valence-electron chi connectivity index (χ2n) is 7.75. The van der Waals surface area contributed by atoms with Crippen LogP contribution in [0.3, 0.4) is 0 Å². The van der Waals surface area contributed by atoms with Crippen molar-refractivity contribution in [3.8, 4) is 0 Å². The normalized spacial score (nSPS) is 51.9. The van der Waals surface area contributed by atoms with E-state index in [9.17, 15) is 24.9 Å². The highest BCUT2D eigenvalue weighted by Gasteiger charge is 2.94. The monoisotopic (exact) mass is 334 g/mol. The van der Waals surface area contributed by atoms with Gasteiger partial charge in [-0.05, 0) is 25.0 Å². The molecule has 0 amide bonds. The number of aliphatic hydroxyl groups is 3. The molecule has 2 heterocycles. The molecule has 4 bridgehead atoms. The van der Waals surface area contributed by atoms with E-state index in [1.54, 1.807) is 13.8 Å². The molecule has 5 rings (SSSR count). The molecule has 0 aromatic heterocycles. The standard InChI is InChI=1S/C17H18O7/c1-7-9(18)3-10-14-4-24-13(21)16(14)6-23-5-15(7,16)17(10,22)12(20)11(19)8(14)2/h10,18-19,22H,3-6H2,1-2H3/t10-,14-,15+,16+,17-/m1/s1. The number of cyclic esters (lactones) is 1. The van der Waals surface area contributed by atoms with Crippen LogP contribution in [0.5, 0.6) is 0 Å². The van der Waals surface area contributed by atoms with Gasteiger partial charge in [0.2, 0.25) is 5.78 Å². The molecule has 3 aliphatic carbocycles. The highest BCUT2D eigenvalue weighted by molar-refractivity contribution is 6.07. The smallest absolute Gasteiger partial charge is 0.316 e. The van der Waals surface area contributed by atoms with Gasteiger partial charge in [0.25, 0.3) is 0 Å². The SMILES string of the molecule is CC1=C(O)C[C@H]2[C@@]3(O)C(=O)C(O)=C(C)[C@]24COC(=O)[C@@]42COC[C@]123. The molecule has 0 aromatic rings. The largest absolute Gasteiger partial charge is 0.512 e. The van der Waals surface area contributed by atoms with Crippen LogP contribution in [0.2, 0.25) is 0 Å². The Labute approximate surface area is 137 Å². The van der Waals surface area contributed by atoms with Crippen LogP contribution in [-0.4, -0.2) is 52.5 Å². The van der Waals surface area contributed by atoms with Gasteiger partial charge < -0.3 is 24.8 Å². The first-order valence-electron chi connectivity index (χ1n) is 8.05. The number of Topliss-reactive ketones (excluding diaryl/α,β-unsaturated/α-hetero) is 1. The summed E-state index contributed by atoms with van der Waals surface area (Å²) in [5, 5.41) is 32.6. The number of hydrogen-bond donors (Lipinski definition) is 3. The molecule has 7 heteroatoms. The fraction of sp³-hybridized carbons (Fsp3) is 0.647. The third-order valence-corrected chi connectivity index (χ3v) is 7.71. The van der Waals surface area contributed by atoms with E-state index in [0.29, 0.717) is 11.1 Å². The number of carbonyl (C=O) groups is 2. The molecule has 3 fully saturated rings. The van der Waals surface area contributed by atoms with E-state index in [2.05, 4.69) is 0 Å². The van der Waals surface area contributed by atoms with Crippen LogP contribution in [0.4, 0.5) is 0 Å². The predicted octanol–water partition coefficient (Wildman–Crippen LogP) is 0.544. The number of rotatable bonds is 0. The van der Waals surface area contributed by atoms with E-state index in [0.717, 1.165) is 0 Å². The van der Waals surface area contributed by atoms with Crippen molar-refractivity contribution in [1.82, 2.24) is 0 Å². The summed E-state index contributed by atoms with van der Waals surface area (Å²) < 4.78 is 11.1. The topological polar surface area (TPSA) is 113 Å². The molecule has 128 valence electrons. The minimum absolute atomic E-state index is 0.00678. The van der Waals surface area contributed by atoms with E-state index < -0.39 is 45.3 Å². The van der Waals surface area contributed by atoms with Crippen LogP contribution < -0.4 is 0 Å². The molecule has 3 N–H and O–H groups in total. The van der Waals surface area contributed by atoms with Gasteiger partial charge in [-0.1, -0.05) is 0 Å². The fourth-order valence-electron chi connectivity index (χ4n) is 6.67. The third kappa shape index (κ3) is 0.888. The predicted molar refractivity (Wildman–Crippen MR) is 77.8 cm³/mol. The summed E-state index contributed by atoms with van der Waals surface area (Å²) in [5.74, 6) is -2.45. The summed E-state index contributed by atoms with van der Waals surface area (Å²) in [6.45, 7) is 3.12. The number of hydrogen-bond acceptors (Lipinski definition) is 7. The van der Waals surface area contributed by atoms with Crippen molar-refractivity contribution in [3.05, 3.63) is 22.7 Å². The second-order valence-corrected chi connectivity index (χ2v) is 7.75. The van der Waals surface area contributed by atoms with Crippen LogP contribution in [0.15, 0.2) is 22.7 Å². The van der Waals surface area contributed by atoms with Crippen LogP contribution in [0, 0.1) is 22.2 Å². The van der Waals surface area contributed by atoms with E-state index in [1.807, 2.05) is 0 Å². The van der Waals surface area contributed by atoms with Gasteiger partial charge in [0.1, 0.15) is 17.6 Å². The van der Waals surface area contributed by atoms with Gasteiger partial charge >= 0.3 is 5.97 Å². The molecule has 2 saturated heterocycles. The number of allylic oxidation sites excluding steroid dienone is 1. The van der Waals surface area contributed by atoms with Crippen molar-refractivity contribution < 1.29 is 34.4 Å². The molecular weight excluding hydrogens is 316 g/mol. The molecule has 5 atom stereocenters. The Balaban J connectivity index is 2.02. The van der Waals surface area contributed by atoms with Crippen molar-refractivity contribution >= 4 is 11.8 Å². The number of carbonyl (C=O) groups excluding carboxylic acids is 2. The number of esters is 1.